The van der Waals surface area contributed by atoms with Gasteiger partial charge in [-0.25, -0.2) is 0 Å². The molecular weight excluding hydrogens is 352 g/mol. The molecule has 1 aromatic heterocycles. The minimum atomic E-state index is 0.327. The lowest BCUT2D eigenvalue weighted by Gasteiger charge is -2.34. The summed E-state index contributed by atoms with van der Waals surface area (Å²) in [5.41, 5.74) is 2.15. The number of benzene rings is 1. The molecule has 1 saturated heterocycles. The Labute approximate surface area is 166 Å². The Balaban J connectivity index is 1.23. The first-order valence-electron chi connectivity index (χ1n) is 10.6. The Hall–Kier alpha value is -2.21. The zero-order valence-corrected chi connectivity index (χ0v) is 16.8. The summed E-state index contributed by atoms with van der Waals surface area (Å²) in [6, 6.07) is 8.09. The van der Waals surface area contributed by atoms with Gasteiger partial charge in [-0.3, -0.25) is 9.69 Å². The third-order valence-corrected chi connectivity index (χ3v) is 6.10. The van der Waals surface area contributed by atoms with E-state index >= 15 is 0 Å². The number of rotatable bonds is 6. The SMILES string of the molecule is Cc1ccc(-c2nc(CN3CCN(C(=O)CCC4CCCC4)CC3)no2)cc1. The van der Waals surface area contributed by atoms with Crippen LogP contribution in [0.15, 0.2) is 28.8 Å². The Bertz CT molecular complexity index is 772. The van der Waals surface area contributed by atoms with Crippen LogP contribution in [0.2, 0.25) is 0 Å². The molecule has 0 atom stereocenters. The van der Waals surface area contributed by atoms with Crippen LogP contribution in [-0.2, 0) is 11.3 Å². The zero-order chi connectivity index (χ0) is 19.3. The molecule has 0 radical (unpaired) electrons. The molecule has 6 heteroatoms. The summed E-state index contributed by atoms with van der Waals surface area (Å²) < 4.78 is 5.42. The highest BCUT2D eigenvalue weighted by molar-refractivity contribution is 5.76. The van der Waals surface area contributed by atoms with Crippen molar-refractivity contribution in [2.45, 2.75) is 52.0 Å². The molecule has 1 aliphatic carbocycles. The number of piperazine rings is 1. The van der Waals surface area contributed by atoms with Crippen molar-refractivity contribution in [3.05, 3.63) is 35.7 Å². The van der Waals surface area contributed by atoms with Crippen LogP contribution in [-0.4, -0.2) is 52.0 Å². The van der Waals surface area contributed by atoms with Crippen molar-refractivity contribution in [2.24, 2.45) is 5.92 Å². The fourth-order valence-electron chi connectivity index (χ4n) is 4.27. The number of aryl methyl sites for hydroxylation is 1. The molecule has 0 spiro atoms. The van der Waals surface area contributed by atoms with Crippen LogP contribution in [0.5, 0.6) is 0 Å². The summed E-state index contributed by atoms with van der Waals surface area (Å²) in [6.45, 7) is 6.05. The fraction of sp³-hybridized carbons (Fsp3) is 0.591. The average molecular weight is 383 g/mol. The molecule has 1 aliphatic heterocycles. The summed E-state index contributed by atoms with van der Waals surface area (Å²) in [5.74, 6) is 2.38. The minimum absolute atomic E-state index is 0.327. The highest BCUT2D eigenvalue weighted by Crippen LogP contribution is 2.28. The molecule has 0 N–H and O–H groups in total. The van der Waals surface area contributed by atoms with E-state index in [1.54, 1.807) is 0 Å². The van der Waals surface area contributed by atoms with Gasteiger partial charge in [0.2, 0.25) is 5.91 Å². The molecule has 4 rings (SSSR count). The van der Waals surface area contributed by atoms with E-state index in [1.807, 2.05) is 29.2 Å². The maximum absolute atomic E-state index is 12.5. The van der Waals surface area contributed by atoms with Gasteiger partial charge in [0.1, 0.15) is 0 Å². The van der Waals surface area contributed by atoms with Crippen molar-refractivity contribution in [3.8, 4) is 11.5 Å². The van der Waals surface area contributed by atoms with Crippen molar-refractivity contribution in [2.75, 3.05) is 26.2 Å². The first-order chi connectivity index (χ1) is 13.7. The van der Waals surface area contributed by atoms with E-state index < -0.39 is 0 Å². The van der Waals surface area contributed by atoms with Crippen molar-refractivity contribution in [3.63, 3.8) is 0 Å². The van der Waals surface area contributed by atoms with Crippen LogP contribution < -0.4 is 0 Å². The number of aromatic nitrogens is 2. The van der Waals surface area contributed by atoms with Gasteiger partial charge >= 0.3 is 0 Å². The van der Waals surface area contributed by atoms with E-state index in [2.05, 4.69) is 22.0 Å². The predicted octanol–water partition coefficient (Wildman–Crippen LogP) is 3.66. The Morgan fingerprint density at radius 3 is 2.54 bits per heavy atom. The normalized spacial score (nSPS) is 18.7. The van der Waals surface area contributed by atoms with Crippen LogP contribution in [0.4, 0.5) is 0 Å². The van der Waals surface area contributed by atoms with Gasteiger partial charge in [-0.15, -0.1) is 0 Å². The quantitative estimate of drug-likeness (QED) is 0.763. The van der Waals surface area contributed by atoms with Crippen LogP contribution in [0, 0.1) is 12.8 Å². The second kappa shape index (κ2) is 8.86. The van der Waals surface area contributed by atoms with Crippen LogP contribution in [0.25, 0.3) is 11.5 Å². The molecule has 0 unspecified atom stereocenters. The Morgan fingerprint density at radius 1 is 1.11 bits per heavy atom. The second-order valence-electron chi connectivity index (χ2n) is 8.23. The van der Waals surface area contributed by atoms with Gasteiger partial charge in [0, 0.05) is 38.2 Å². The topological polar surface area (TPSA) is 62.5 Å². The zero-order valence-electron chi connectivity index (χ0n) is 16.8. The van der Waals surface area contributed by atoms with Crippen LogP contribution in [0.1, 0.15) is 49.9 Å². The lowest BCUT2D eigenvalue weighted by molar-refractivity contribution is -0.133. The average Bonchev–Trinajstić information content (AvgIpc) is 3.39. The first-order valence-corrected chi connectivity index (χ1v) is 10.6. The molecule has 28 heavy (non-hydrogen) atoms. The van der Waals surface area contributed by atoms with Gasteiger partial charge in [0.25, 0.3) is 5.89 Å². The summed E-state index contributed by atoms with van der Waals surface area (Å²) in [6.07, 6.45) is 7.12. The van der Waals surface area contributed by atoms with E-state index in [4.69, 9.17) is 4.52 Å². The van der Waals surface area contributed by atoms with E-state index in [0.717, 1.165) is 50.5 Å². The maximum Gasteiger partial charge on any atom is 0.257 e. The molecule has 2 fully saturated rings. The van der Waals surface area contributed by atoms with E-state index in [0.29, 0.717) is 24.2 Å². The van der Waals surface area contributed by atoms with Gasteiger partial charge in [-0.05, 0) is 31.4 Å². The van der Waals surface area contributed by atoms with Gasteiger partial charge in [0.15, 0.2) is 5.82 Å². The standard InChI is InChI=1S/C22H30N4O2/c1-17-6-9-19(10-7-17)22-23-20(24-28-22)16-25-12-14-26(15-13-25)21(27)11-8-18-4-2-3-5-18/h6-7,9-10,18H,2-5,8,11-16H2,1H3. The van der Waals surface area contributed by atoms with Crippen molar-refractivity contribution < 1.29 is 9.32 Å². The minimum Gasteiger partial charge on any atom is -0.340 e. The summed E-state index contributed by atoms with van der Waals surface area (Å²) in [5, 5.41) is 4.13. The van der Waals surface area contributed by atoms with Gasteiger partial charge in [0.05, 0.1) is 6.54 Å². The largest absolute Gasteiger partial charge is 0.340 e. The van der Waals surface area contributed by atoms with Crippen molar-refractivity contribution >= 4 is 5.91 Å². The molecule has 2 aliphatic rings. The molecule has 2 aromatic rings. The van der Waals surface area contributed by atoms with Crippen LogP contribution >= 0.6 is 0 Å². The smallest absolute Gasteiger partial charge is 0.257 e. The lowest BCUT2D eigenvalue weighted by atomic mass is 10.0. The number of carbonyl (C=O) groups excluding carboxylic acids is 1. The number of hydrogen-bond donors (Lipinski definition) is 0. The monoisotopic (exact) mass is 382 g/mol. The maximum atomic E-state index is 12.5. The van der Waals surface area contributed by atoms with Gasteiger partial charge in [-0.1, -0.05) is 48.5 Å². The number of nitrogens with zero attached hydrogens (tertiary/aromatic N) is 4. The lowest BCUT2D eigenvalue weighted by Crippen LogP contribution is -2.48. The summed E-state index contributed by atoms with van der Waals surface area (Å²) >= 11 is 0. The predicted molar refractivity (Wildman–Crippen MR) is 108 cm³/mol. The van der Waals surface area contributed by atoms with E-state index in [1.165, 1.54) is 31.2 Å². The molecule has 150 valence electrons. The molecular formula is C22H30N4O2. The number of hydrogen-bond acceptors (Lipinski definition) is 5. The van der Waals surface area contributed by atoms with Crippen molar-refractivity contribution in [1.29, 1.82) is 0 Å². The third kappa shape index (κ3) is 4.79. The molecule has 1 amide bonds. The van der Waals surface area contributed by atoms with Crippen molar-refractivity contribution in [1.82, 2.24) is 19.9 Å². The molecule has 2 heterocycles. The second-order valence-corrected chi connectivity index (χ2v) is 8.23. The highest BCUT2D eigenvalue weighted by Gasteiger charge is 2.24. The fourth-order valence-corrected chi connectivity index (χ4v) is 4.27. The molecule has 1 aromatic carbocycles. The Kier molecular flexibility index (Phi) is 6.05. The van der Waals surface area contributed by atoms with E-state index in [-0.39, 0.29) is 0 Å². The Morgan fingerprint density at radius 2 is 1.82 bits per heavy atom. The molecule has 0 bridgehead atoms. The third-order valence-electron chi connectivity index (χ3n) is 6.10. The van der Waals surface area contributed by atoms with Crippen LogP contribution in [0.3, 0.4) is 0 Å². The number of amides is 1. The number of carbonyl (C=O) groups is 1. The van der Waals surface area contributed by atoms with E-state index in [9.17, 15) is 4.79 Å². The summed E-state index contributed by atoms with van der Waals surface area (Å²) in [4.78, 5) is 21.3. The van der Waals surface area contributed by atoms with Gasteiger partial charge in [-0.2, -0.15) is 4.98 Å². The first kappa shape index (κ1) is 19.1. The summed E-state index contributed by atoms with van der Waals surface area (Å²) in [7, 11) is 0. The molecule has 6 nitrogen and oxygen atoms in total. The molecule has 1 saturated carbocycles. The highest BCUT2D eigenvalue weighted by atomic mass is 16.5. The van der Waals surface area contributed by atoms with Gasteiger partial charge < -0.3 is 9.42 Å².